The van der Waals surface area contributed by atoms with Crippen molar-refractivity contribution in [3.8, 4) is 5.69 Å². The Bertz CT molecular complexity index is 926. The van der Waals surface area contributed by atoms with Crippen molar-refractivity contribution in [3.05, 3.63) is 72.4 Å². The fraction of sp³-hybridized carbons (Fsp3) is 0.286. The summed E-state index contributed by atoms with van der Waals surface area (Å²) in [4.78, 5) is 26.4. The van der Waals surface area contributed by atoms with Gasteiger partial charge in [-0.05, 0) is 42.7 Å². The van der Waals surface area contributed by atoms with E-state index in [1.807, 2.05) is 36.5 Å². The van der Waals surface area contributed by atoms with Crippen molar-refractivity contribution in [1.82, 2.24) is 20.0 Å². The molecular formula is C21H22N4O3. The summed E-state index contributed by atoms with van der Waals surface area (Å²) >= 11 is 0. The standard InChI is InChI=1S/C21H22N4O3/c26-20(13-16-14-22-25(15-16)18-5-2-1-3-6-18)23-17-8-10-24(11-9-17)21(27)19-7-4-12-28-19/h1-7,12,14-15,17H,8-11,13H2,(H,23,26). The first kappa shape index (κ1) is 18.0. The van der Waals surface area contributed by atoms with Crippen LogP contribution in [0.15, 0.2) is 65.5 Å². The number of carbonyl (C=O) groups is 2. The van der Waals surface area contributed by atoms with Crippen LogP contribution in [0.4, 0.5) is 0 Å². The summed E-state index contributed by atoms with van der Waals surface area (Å²) in [6.07, 6.45) is 6.86. The molecule has 1 saturated heterocycles. The summed E-state index contributed by atoms with van der Waals surface area (Å²) in [5, 5.41) is 7.40. The normalized spacial score (nSPS) is 14.8. The van der Waals surface area contributed by atoms with Crippen LogP contribution >= 0.6 is 0 Å². The zero-order valence-electron chi connectivity index (χ0n) is 15.5. The highest BCUT2D eigenvalue weighted by Crippen LogP contribution is 2.15. The van der Waals surface area contributed by atoms with E-state index in [-0.39, 0.29) is 17.9 Å². The zero-order valence-corrected chi connectivity index (χ0v) is 15.5. The van der Waals surface area contributed by atoms with E-state index >= 15 is 0 Å². The number of nitrogens with one attached hydrogen (secondary N) is 1. The molecule has 4 rings (SSSR count). The Hall–Kier alpha value is -3.35. The van der Waals surface area contributed by atoms with Crippen LogP contribution in [0.3, 0.4) is 0 Å². The SMILES string of the molecule is O=C(Cc1cnn(-c2ccccc2)c1)NC1CCN(C(=O)c2ccco2)CC1. The molecule has 0 unspecified atom stereocenters. The predicted octanol–water partition coefficient (Wildman–Crippen LogP) is 2.43. The number of amides is 2. The van der Waals surface area contributed by atoms with Gasteiger partial charge in [-0.2, -0.15) is 5.10 Å². The van der Waals surface area contributed by atoms with Crippen molar-refractivity contribution < 1.29 is 14.0 Å². The Labute approximate surface area is 162 Å². The summed E-state index contributed by atoms with van der Waals surface area (Å²) in [7, 11) is 0. The summed E-state index contributed by atoms with van der Waals surface area (Å²) < 4.78 is 6.94. The van der Waals surface area contributed by atoms with E-state index in [0.29, 0.717) is 25.3 Å². The minimum absolute atomic E-state index is 0.0246. The average molecular weight is 378 g/mol. The molecule has 1 aliphatic heterocycles. The quantitative estimate of drug-likeness (QED) is 0.739. The third-order valence-electron chi connectivity index (χ3n) is 4.90. The van der Waals surface area contributed by atoms with E-state index in [9.17, 15) is 9.59 Å². The molecule has 0 spiro atoms. The largest absolute Gasteiger partial charge is 0.459 e. The second-order valence-corrected chi connectivity index (χ2v) is 6.92. The van der Waals surface area contributed by atoms with Crippen LogP contribution in [-0.4, -0.2) is 45.6 Å². The summed E-state index contributed by atoms with van der Waals surface area (Å²) in [5.41, 5.74) is 1.83. The molecular weight excluding hydrogens is 356 g/mol. The average Bonchev–Trinajstić information content (AvgIpc) is 3.41. The molecule has 2 aromatic heterocycles. The van der Waals surface area contributed by atoms with Crippen LogP contribution in [0.2, 0.25) is 0 Å². The van der Waals surface area contributed by atoms with Crippen LogP contribution in [0.5, 0.6) is 0 Å². The Morgan fingerprint density at radius 3 is 2.61 bits per heavy atom. The molecule has 0 aliphatic carbocycles. The van der Waals surface area contributed by atoms with Crippen molar-refractivity contribution in [1.29, 1.82) is 0 Å². The predicted molar refractivity (Wildman–Crippen MR) is 103 cm³/mol. The molecule has 28 heavy (non-hydrogen) atoms. The molecule has 2 amide bonds. The Morgan fingerprint density at radius 1 is 1.11 bits per heavy atom. The summed E-state index contributed by atoms with van der Waals surface area (Å²) in [6.45, 7) is 1.22. The fourth-order valence-corrected chi connectivity index (χ4v) is 3.42. The van der Waals surface area contributed by atoms with E-state index in [1.54, 1.807) is 27.9 Å². The maximum atomic E-state index is 12.4. The van der Waals surface area contributed by atoms with Gasteiger partial charge in [-0.3, -0.25) is 9.59 Å². The van der Waals surface area contributed by atoms with E-state index in [0.717, 1.165) is 24.1 Å². The van der Waals surface area contributed by atoms with Crippen molar-refractivity contribution in [2.24, 2.45) is 0 Å². The highest BCUT2D eigenvalue weighted by Gasteiger charge is 2.25. The van der Waals surface area contributed by atoms with Gasteiger partial charge in [0.05, 0.1) is 24.6 Å². The van der Waals surface area contributed by atoms with Crippen molar-refractivity contribution in [2.45, 2.75) is 25.3 Å². The van der Waals surface area contributed by atoms with Gasteiger partial charge in [-0.25, -0.2) is 4.68 Å². The second-order valence-electron chi connectivity index (χ2n) is 6.92. The Balaban J connectivity index is 1.26. The Morgan fingerprint density at radius 2 is 1.89 bits per heavy atom. The minimum Gasteiger partial charge on any atom is -0.459 e. The van der Waals surface area contributed by atoms with Crippen molar-refractivity contribution >= 4 is 11.8 Å². The molecule has 0 atom stereocenters. The lowest BCUT2D eigenvalue weighted by Crippen LogP contribution is -2.46. The molecule has 0 saturated carbocycles. The maximum absolute atomic E-state index is 12.4. The Kier molecular flexibility index (Phi) is 5.23. The van der Waals surface area contributed by atoms with Crippen LogP contribution in [0.1, 0.15) is 29.0 Å². The van der Waals surface area contributed by atoms with E-state index < -0.39 is 0 Å². The van der Waals surface area contributed by atoms with Gasteiger partial charge < -0.3 is 14.6 Å². The van der Waals surface area contributed by atoms with Gasteiger partial charge in [0.1, 0.15) is 0 Å². The molecule has 3 aromatic rings. The number of aromatic nitrogens is 2. The number of hydrogen-bond acceptors (Lipinski definition) is 4. The molecule has 0 bridgehead atoms. The van der Waals surface area contributed by atoms with Gasteiger partial charge >= 0.3 is 0 Å². The molecule has 1 aliphatic rings. The molecule has 7 heteroatoms. The van der Waals surface area contributed by atoms with Gasteiger partial charge in [0.15, 0.2) is 5.76 Å². The minimum atomic E-state index is -0.0943. The number of benzene rings is 1. The first-order valence-electron chi connectivity index (χ1n) is 9.40. The van der Waals surface area contributed by atoms with Crippen LogP contribution in [0.25, 0.3) is 5.69 Å². The zero-order chi connectivity index (χ0) is 19.3. The smallest absolute Gasteiger partial charge is 0.289 e. The van der Waals surface area contributed by atoms with E-state index in [4.69, 9.17) is 4.42 Å². The van der Waals surface area contributed by atoms with Crippen LogP contribution in [-0.2, 0) is 11.2 Å². The van der Waals surface area contributed by atoms with Crippen LogP contribution in [0, 0.1) is 0 Å². The summed E-state index contributed by atoms with van der Waals surface area (Å²) in [6, 6.07) is 13.3. The van der Waals surface area contributed by atoms with Gasteiger partial charge in [0.25, 0.3) is 5.91 Å². The van der Waals surface area contributed by atoms with E-state index in [1.165, 1.54) is 6.26 Å². The van der Waals surface area contributed by atoms with Crippen molar-refractivity contribution in [3.63, 3.8) is 0 Å². The molecule has 1 N–H and O–H groups in total. The second kappa shape index (κ2) is 8.12. The lowest BCUT2D eigenvalue weighted by atomic mass is 10.0. The third kappa shape index (κ3) is 4.14. The van der Waals surface area contributed by atoms with Crippen molar-refractivity contribution in [2.75, 3.05) is 13.1 Å². The monoisotopic (exact) mass is 378 g/mol. The van der Waals surface area contributed by atoms with E-state index in [2.05, 4.69) is 10.4 Å². The van der Waals surface area contributed by atoms with Gasteiger partial charge in [-0.15, -0.1) is 0 Å². The number of furan rings is 1. The van der Waals surface area contributed by atoms with Crippen LogP contribution < -0.4 is 5.32 Å². The molecule has 7 nitrogen and oxygen atoms in total. The number of rotatable bonds is 5. The summed E-state index contributed by atoms with van der Waals surface area (Å²) in [5.74, 6) is 0.240. The highest BCUT2D eigenvalue weighted by molar-refractivity contribution is 5.91. The van der Waals surface area contributed by atoms with Gasteiger partial charge in [-0.1, -0.05) is 18.2 Å². The number of likely N-dealkylation sites (tertiary alicyclic amines) is 1. The first-order chi connectivity index (χ1) is 13.7. The highest BCUT2D eigenvalue weighted by atomic mass is 16.3. The lowest BCUT2D eigenvalue weighted by molar-refractivity contribution is -0.121. The fourth-order valence-electron chi connectivity index (χ4n) is 3.42. The molecule has 1 fully saturated rings. The molecule has 144 valence electrons. The topological polar surface area (TPSA) is 80.4 Å². The molecule has 3 heterocycles. The number of piperidine rings is 1. The number of nitrogens with zero attached hydrogens (tertiary/aromatic N) is 3. The lowest BCUT2D eigenvalue weighted by Gasteiger charge is -2.31. The molecule has 0 radical (unpaired) electrons. The number of hydrogen-bond donors (Lipinski definition) is 1. The van der Waals surface area contributed by atoms with Gasteiger partial charge in [0, 0.05) is 25.3 Å². The number of carbonyl (C=O) groups excluding carboxylic acids is 2. The maximum Gasteiger partial charge on any atom is 0.289 e. The first-order valence-corrected chi connectivity index (χ1v) is 9.40. The molecule has 1 aromatic carbocycles. The third-order valence-corrected chi connectivity index (χ3v) is 4.90. The van der Waals surface area contributed by atoms with Gasteiger partial charge in [0.2, 0.25) is 5.91 Å². The number of para-hydroxylation sites is 1.